The van der Waals surface area contributed by atoms with E-state index in [4.69, 9.17) is 4.74 Å². The second-order valence-electron chi connectivity index (χ2n) is 5.13. The van der Waals surface area contributed by atoms with E-state index in [0.29, 0.717) is 11.3 Å². The SMILES string of the molecule is O=C1C2=C(CC(O)CC2O)O/C1=C\c1ccc(O)c(O)c1. The zero-order valence-corrected chi connectivity index (χ0v) is 11.0. The fourth-order valence-electron chi connectivity index (χ4n) is 2.53. The number of Topliss-reactive ketones (excluding diaryl/α,β-unsaturated/α-hetero) is 1. The summed E-state index contributed by atoms with van der Waals surface area (Å²) in [5, 5.41) is 38.1. The highest BCUT2D eigenvalue weighted by Gasteiger charge is 2.39. The van der Waals surface area contributed by atoms with Crippen LogP contribution in [0.5, 0.6) is 11.5 Å². The van der Waals surface area contributed by atoms with Crippen LogP contribution in [0.25, 0.3) is 6.08 Å². The number of aromatic hydroxyl groups is 2. The number of hydrogen-bond donors (Lipinski definition) is 4. The summed E-state index contributed by atoms with van der Waals surface area (Å²) in [6.07, 6.45) is -0.0461. The van der Waals surface area contributed by atoms with Crippen molar-refractivity contribution >= 4 is 11.9 Å². The largest absolute Gasteiger partial charge is 0.504 e. The number of rotatable bonds is 1. The molecule has 2 unspecified atom stereocenters. The predicted octanol–water partition coefficient (Wildman–Crippen LogP) is 0.808. The van der Waals surface area contributed by atoms with Gasteiger partial charge in [-0.15, -0.1) is 0 Å². The Morgan fingerprint density at radius 2 is 1.95 bits per heavy atom. The lowest BCUT2D eigenvalue weighted by Gasteiger charge is -2.21. The number of allylic oxidation sites excluding steroid dienone is 1. The van der Waals surface area contributed by atoms with Crippen LogP contribution in [0.4, 0.5) is 0 Å². The lowest BCUT2D eigenvalue weighted by Crippen LogP contribution is -2.27. The second-order valence-corrected chi connectivity index (χ2v) is 5.13. The number of aliphatic hydroxyl groups excluding tert-OH is 2. The summed E-state index contributed by atoms with van der Waals surface area (Å²) in [4.78, 5) is 12.2. The van der Waals surface area contributed by atoms with Crippen molar-refractivity contribution in [3.63, 3.8) is 0 Å². The van der Waals surface area contributed by atoms with E-state index in [1.807, 2.05) is 0 Å². The number of carbonyl (C=O) groups excluding carboxylic acids is 1. The molecule has 6 heteroatoms. The Kier molecular flexibility index (Phi) is 3.19. The minimum Gasteiger partial charge on any atom is -0.504 e. The number of aliphatic hydroxyl groups is 2. The maximum Gasteiger partial charge on any atom is 0.230 e. The number of ketones is 1. The molecule has 0 spiro atoms. The van der Waals surface area contributed by atoms with E-state index < -0.39 is 18.0 Å². The van der Waals surface area contributed by atoms with E-state index in [2.05, 4.69) is 0 Å². The Hall–Kier alpha value is -2.31. The lowest BCUT2D eigenvalue weighted by atomic mass is 9.91. The third-order valence-corrected chi connectivity index (χ3v) is 3.55. The summed E-state index contributed by atoms with van der Waals surface area (Å²) < 4.78 is 5.42. The van der Waals surface area contributed by atoms with Crippen molar-refractivity contribution in [2.24, 2.45) is 0 Å². The Morgan fingerprint density at radius 1 is 1.19 bits per heavy atom. The van der Waals surface area contributed by atoms with E-state index in [0.717, 1.165) is 0 Å². The molecule has 2 atom stereocenters. The number of phenolic OH excluding ortho intramolecular Hbond substituents is 2. The number of ether oxygens (including phenoxy) is 1. The molecule has 4 N–H and O–H groups in total. The zero-order valence-electron chi connectivity index (χ0n) is 11.0. The standard InChI is InChI=1S/C15H14O6/c16-8-5-11(19)14-12(6-8)21-13(15(14)20)4-7-1-2-9(17)10(18)3-7/h1-4,8,11,16-19H,5-6H2/b13-4-. The second kappa shape index (κ2) is 4.91. The number of hydrogen-bond acceptors (Lipinski definition) is 6. The van der Waals surface area contributed by atoms with Gasteiger partial charge < -0.3 is 25.2 Å². The lowest BCUT2D eigenvalue weighted by molar-refractivity contribution is -0.114. The molecule has 6 nitrogen and oxygen atoms in total. The minimum absolute atomic E-state index is 0.0261. The molecule has 1 aromatic rings. The van der Waals surface area contributed by atoms with E-state index in [1.54, 1.807) is 0 Å². The van der Waals surface area contributed by atoms with Crippen LogP contribution in [0.3, 0.4) is 0 Å². The number of benzene rings is 1. The molecule has 3 rings (SSSR count). The highest BCUT2D eigenvalue weighted by molar-refractivity contribution is 6.12. The maximum absolute atomic E-state index is 12.2. The van der Waals surface area contributed by atoms with Crippen LogP contribution in [-0.2, 0) is 9.53 Å². The monoisotopic (exact) mass is 290 g/mol. The van der Waals surface area contributed by atoms with Crippen molar-refractivity contribution in [1.82, 2.24) is 0 Å². The quantitative estimate of drug-likeness (QED) is 0.450. The van der Waals surface area contributed by atoms with E-state index in [-0.39, 0.29) is 35.7 Å². The van der Waals surface area contributed by atoms with Gasteiger partial charge in [0.25, 0.3) is 0 Å². The van der Waals surface area contributed by atoms with Crippen molar-refractivity contribution < 1.29 is 30.0 Å². The summed E-state index contributed by atoms with van der Waals surface area (Å²) in [5.41, 5.74) is 0.665. The molecule has 110 valence electrons. The molecule has 2 aliphatic rings. The molecule has 0 bridgehead atoms. The fourth-order valence-corrected chi connectivity index (χ4v) is 2.53. The van der Waals surface area contributed by atoms with Gasteiger partial charge in [-0.3, -0.25) is 4.79 Å². The molecule has 0 radical (unpaired) electrons. The predicted molar refractivity (Wildman–Crippen MR) is 72.1 cm³/mol. The van der Waals surface area contributed by atoms with Crippen LogP contribution in [-0.4, -0.2) is 38.4 Å². The van der Waals surface area contributed by atoms with E-state index in [9.17, 15) is 25.2 Å². The van der Waals surface area contributed by atoms with Crippen LogP contribution in [0.1, 0.15) is 18.4 Å². The van der Waals surface area contributed by atoms with E-state index >= 15 is 0 Å². The highest BCUT2D eigenvalue weighted by atomic mass is 16.5. The fraction of sp³-hybridized carbons (Fsp3) is 0.267. The van der Waals surface area contributed by atoms with Crippen LogP contribution in [0.15, 0.2) is 35.3 Å². The average molecular weight is 290 g/mol. The van der Waals surface area contributed by atoms with Crippen LogP contribution in [0.2, 0.25) is 0 Å². The number of carbonyl (C=O) groups is 1. The molecule has 1 aliphatic carbocycles. The smallest absolute Gasteiger partial charge is 0.230 e. The first-order chi connectivity index (χ1) is 9.95. The Bertz CT molecular complexity index is 673. The third-order valence-electron chi connectivity index (χ3n) is 3.55. The first kappa shape index (κ1) is 13.7. The van der Waals surface area contributed by atoms with Gasteiger partial charge in [-0.05, 0) is 23.8 Å². The Labute approximate surface area is 120 Å². The summed E-state index contributed by atoms with van der Waals surface area (Å²) in [6, 6.07) is 4.11. The normalized spacial score (nSPS) is 27.0. The number of phenols is 2. The van der Waals surface area contributed by atoms with Gasteiger partial charge in [0.1, 0.15) is 5.76 Å². The molecule has 1 heterocycles. The van der Waals surface area contributed by atoms with E-state index in [1.165, 1.54) is 24.3 Å². The van der Waals surface area contributed by atoms with Gasteiger partial charge in [0.15, 0.2) is 17.3 Å². The third kappa shape index (κ3) is 2.39. The molecular weight excluding hydrogens is 276 g/mol. The summed E-state index contributed by atoms with van der Waals surface area (Å²) in [5.74, 6) is -0.662. The first-order valence-electron chi connectivity index (χ1n) is 6.51. The van der Waals surface area contributed by atoms with Crippen molar-refractivity contribution in [3.8, 4) is 11.5 Å². The molecule has 0 amide bonds. The van der Waals surface area contributed by atoms with Crippen molar-refractivity contribution in [2.45, 2.75) is 25.0 Å². The molecule has 21 heavy (non-hydrogen) atoms. The van der Waals surface area contributed by atoms with Gasteiger partial charge in [-0.25, -0.2) is 0 Å². The molecule has 0 saturated heterocycles. The van der Waals surface area contributed by atoms with Gasteiger partial charge >= 0.3 is 0 Å². The van der Waals surface area contributed by atoms with Gasteiger partial charge in [0.2, 0.25) is 5.78 Å². The molecule has 1 aromatic carbocycles. The Morgan fingerprint density at radius 3 is 2.67 bits per heavy atom. The molecule has 0 saturated carbocycles. The van der Waals surface area contributed by atoms with Crippen molar-refractivity contribution in [3.05, 3.63) is 40.9 Å². The van der Waals surface area contributed by atoms with Crippen LogP contribution >= 0.6 is 0 Å². The zero-order chi connectivity index (χ0) is 15.1. The van der Waals surface area contributed by atoms with Crippen molar-refractivity contribution in [1.29, 1.82) is 0 Å². The highest BCUT2D eigenvalue weighted by Crippen LogP contribution is 2.37. The molecular formula is C15H14O6. The van der Waals surface area contributed by atoms with Gasteiger partial charge in [0, 0.05) is 12.8 Å². The molecule has 0 fully saturated rings. The summed E-state index contributed by atoms with van der Waals surface area (Å²) in [7, 11) is 0. The van der Waals surface area contributed by atoms with Gasteiger partial charge in [0.05, 0.1) is 17.8 Å². The summed E-state index contributed by atoms with van der Waals surface area (Å²) >= 11 is 0. The maximum atomic E-state index is 12.2. The first-order valence-corrected chi connectivity index (χ1v) is 6.51. The molecule has 0 aromatic heterocycles. The van der Waals surface area contributed by atoms with Crippen LogP contribution in [0, 0.1) is 0 Å². The average Bonchev–Trinajstić information content (AvgIpc) is 2.70. The molecule has 1 aliphatic heterocycles. The Balaban J connectivity index is 1.91. The summed E-state index contributed by atoms with van der Waals surface area (Å²) in [6.45, 7) is 0. The minimum atomic E-state index is -1.03. The van der Waals surface area contributed by atoms with Gasteiger partial charge in [-0.2, -0.15) is 0 Å². The topological polar surface area (TPSA) is 107 Å². The van der Waals surface area contributed by atoms with Crippen LogP contribution < -0.4 is 0 Å². The van der Waals surface area contributed by atoms with Crippen molar-refractivity contribution in [2.75, 3.05) is 0 Å². The van der Waals surface area contributed by atoms with Gasteiger partial charge in [-0.1, -0.05) is 6.07 Å².